The second-order valence-electron chi connectivity index (χ2n) is 12.4. The van der Waals surface area contributed by atoms with Crippen LogP contribution in [0.5, 0.6) is 0 Å². The highest BCUT2D eigenvalue weighted by atomic mass is 32.1. The lowest BCUT2D eigenvalue weighted by Crippen LogP contribution is -2.00. The topological polar surface area (TPSA) is 38.7 Å². The molecule has 4 heteroatoms. The van der Waals surface area contributed by atoms with Crippen LogP contribution in [0.3, 0.4) is 0 Å². The molecule has 49 heavy (non-hydrogen) atoms. The Balaban J connectivity index is 1.24. The Morgan fingerprint density at radius 1 is 0.327 bits per heavy atom. The molecule has 0 amide bonds. The van der Waals surface area contributed by atoms with E-state index in [0.29, 0.717) is 17.5 Å². The molecule has 0 unspecified atom stereocenters. The van der Waals surface area contributed by atoms with Gasteiger partial charge in [-0.15, -0.1) is 11.3 Å². The predicted molar refractivity (Wildman–Crippen MR) is 207 cm³/mol. The first-order chi connectivity index (χ1) is 24.3. The Morgan fingerprint density at radius 3 is 1.69 bits per heavy atom. The zero-order chi connectivity index (χ0) is 32.3. The fourth-order valence-electron chi connectivity index (χ4n) is 7.15. The number of rotatable bonds is 4. The molecule has 2 heterocycles. The molecule has 8 aromatic carbocycles. The van der Waals surface area contributed by atoms with E-state index in [1.165, 1.54) is 47.3 Å². The zero-order valence-electron chi connectivity index (χ0n) is 26.3. The Hall–Kier alpha value is -6.23. The maximum Gasteiger partial charge on any atom is 0.164 e. The lowest BCUT2D eigenvalue weighted by molar-refractivity contribution is 1.08. The van der Waals surface area contributed by atoms with Gasteiger partial charge in [0.05, 0.1) is 0 Å². The Kier molecular flexibility index (Phi) is 6.36. The van der Waals surface area contributed by atoms with Gasteiger partial charge in [-0.05, 0) is 73.8 Å². The van der Waals surface area contributed by atoms with Crippen molar-refractivity contribution in [3.05, 3.63) is 164 Å². The molecule has 0 aliphatic carbocycles. The summed E-state index contributed by atoms with van der Waals surface area (Å²) in [7, 11) is 0. The highest BCUT2D eigenvalue weighted by Crippen LogP contribution is 2.44. The molecule has 0 aliphatic rings. The smallest absolute Gasteiger partial charge is 0.164 e. The SMILES string of the molecule is c1ccc(-c2nc(-c3ccccc3)nc(-c3cc(-c4cccc5sc6cc7ccc8ccccc8c7cc6c45)cc4ccccc34)n2)cc1. The van der Waals surface area contributed by atoms with E-state index in [1.807, 2.05) is 47.7 Å². The summed E-state index contributed by atoms with van der Waals surface area (Å²) in [5.74, 6) is 1.97. The summed E-state index contributed by atoms with van der Waals surface area (Å²) >= 11 is 1.86. The second-order valence-corrected chi connectivity index (χ2v) is 13.5. The van der Waals surface area contributed by atoms with E-state index in [0.717, 1.165) is 33.0 Å². The molecule has 0 radical (unpaired) electrons. The van der Waals surface area contributed by atoms with Crippen LogP contribution in [-0.2, 0) is 0 Å². The molecular weight excluding hydrogens is 615 g/mol. The van der Waals surface area contributed by atoms with Crippen molar-refractivity contribution in [3.8, 4) is 45.3 Å². The molecule has 0 saturated heterocycles. The third-order valence-electron chi connectivity index (χ3n) is 9.47. The molecular formula is C45H27N3S. The Labute approximate surface area is 286 Å². The fourth-order valence-corrected chi connectivity index (χ4v) is 8.31. The molecule has 2 aromatic heterocycles. The first-order valence-corrected chi connectivity index (χ1v) is 17.3. The molecule has 0 fully saturated rings. The summed E-state index contributed by atoms with van der Waals surface area (Å²) < 4.78 is 2.57. The minimum Gasteiger partial charge on any atom is -0.208 e. The minimum absolute atomic E-state index is 0.656. The third-order valence-corrected chi connectivity index (χ3v) is 10.6. The quantitative estimate of drug-likeness (QED) is 0.180. The summed E-state index contributed by atoms with van der Waals surface area (Å²) in [6.07, 6.45) is 0. The van der Waals surface area contributed by atoms with Crippen LogP contribution in [-0.4, -0.2) is 15.0 Å². The predicted octanol–water partition coefficient (Wildman–Crippen LogP) is 12.4. The maximum atomic E-state index is 5.13. The number of hydrogen-bond donors (Lipinski definition) is 0. The van der Waals surface area contributed by atoms with Crippen LogP contribution in [0.4, 0.5) is 0 Å². The van der Waals surface area contributed by atoms with E-state index in [4.69, 9.17) is 15.0 Å². The van der Waals surface area contributed by atoms with Gasteiger partial charge in [0.1, 0.15) is 0 Å². The van der Waals surface area contributed by atoms with Crippen molar-refractivity contribution in [3.63, 3.8) is 0 Å². The summed E-state index contributed by atoms with van der Waals surface area (Å²) in [4.78, 5) is 15.2. The van der Waals surface area contributed by atoms with E-state index >= 15 is 0 Å². The summed E-state index contributed by atoms with van der Waals surface area (Å²) in [5, 5.41) is 9.91. The summed E-state index contributed by atoms with van der Waals surface area (Å²) in [5.41, 5.74) is 5.24. The number of nitrogens with zero attached hydrogens (tertiary/aromatic N) is 3. The van der Waals surface area contributed by atoms with Gasteiger partial charge in [-0.1, -0.05) is 133 Å². The van der Waals surface area contributed by atoms with Crippen LogP contribution < -0.4 is 0 Å². The second kappa shape index (κ2) is 11.2. The number of thiophene rings is 1. The van der Waals surface area contributed by atoms with Crippen molar-refractivity contribution < 1.29 is 0 Å². The van der Waals surface area contributed by atoms with Gasteiger partial charge in [0, 0.05) is 36.9 Å². The highest BCUT2D eigenvalue weighted by Gasteiger charge is 2.18. The molecule has 0 saturated carbocycles. The Morgan fingerprint density at radius 2 is 0.939 bits per heavy atom. The van der Waals surface area contributed by atoms with Gasteiger partial charge in [0.15, 0.2) is 17.5 Å². The lowest BCUT2D eigenvalue weighted by Gasteiger charge is -2.13. The van der Waals surface area contributed by atoms with Crippen molar-refractivity contribution in [2.45, 2.75) is 0 Å². The van der Waals surface area contributed by atoms with Crippen molar-refractivity contribution >= 4 is 63.8 Å². The van der Waals surface area contributed by atoms with Crippen molar-refractivity contribution in [2.75, 3.05) is 0 Å². The molecule has 0 spiro atoms. The fraction of sp³-hybridized carbons (Fsp3) is 0. The van der Waals surface area contributed by atoms with Crippen LogP contribution in [0.15, 0.2) is 164 Å². The minimum atomic E-state index is 0.656. The molecule has 10 rings (SSSR count). The molecule has 10 aromatic rings. The van der Waals surface area contributed by atoms with Crippen LogP contribution in [0.25, 0.3) is 97.8 Å². The van der Waals surface area contributed by atoms with Gasteiger partial charge in [-0.2, -0.15) is 0 Å². The van der Waals surface area contributed by atoms with Gasteiger partial charge in [0.2, 0.25) is 0 Å². The van der Waals surface area contributed by atoms with E-state index in [9.17, 15) is 0 Å². The largest absolute Gasteiger partial charge is 0.208 e. The lowest BCUT2D eigenvalue weighted by atomic mass is 9.93. The third kappa shape index (κ3) is 4.68. The van der Waals surface area contributed by atoms with E-state index < -0.39 is 0 Å². The highest BCUT2D eigenvalue weighted by molar-refractivity contribution is 7.26. The van der Waals surface area contributed by atoms with Crippen LogP contribution >= 0.6 is 11.3 Å². The number of fused-ring (bicyclic) bond motifs is 7. The average molecular weight is 642 g/mol. The first-order valence-electron chi connectivity index (χ1n) is 16.4. The van der Waals surface area contributed by atoms with Gasteiger partial charge in [-0.3, -0.25) is 0 Å². The maximum absolute atomic E-state index is 5.13. The van der Waals surface area contributed by atoms with E-state index in [2.05, 4.69) is 127 Å². The Bertz CT molecular complexity index is 2820. The summed E-state index contributed by atoms with van der Waals surface area (Å²) in [6, 6.07) is 58.1. The normalized spacial score (nSPS) is 11.7. The standard InChI is InChI=1S/C45H27N3S/c1-3-13-29(14-4-1)43-46-44(30-15-5-2-6-16-30)48-45(47-43)38-25-33(24-31-17-8-10-19-35(31)38)36-20-11-21-40-42(36)39-27-37-32(26-41(39)49-40)23-22-28-12-7-9-18-34(28)37/h1-27H. The van der Waals surface area contributed by atoms with Crippen LogP contribution in [0, 0.1) is 0 Å². The summed E-state index contributed by atoms with van der Waals surface area (Å²) in [6.45, 7) is 0. The van der Waals surface area contributed by atoms with Crippen LogP contribution in [0.1, 0.15) is 0 Å². The first kappa shape index (κ1) is 27.8. The van der Waals surface area contributed by atoms with E-state index in [-0.39, 0.29) is 0 Å². The average Bonchev–Trinajstić information content (AvgIpc) is 3.55. The van der Waals surface area contributed by atoms with Crippen molar-refractivity contribution in [2.24, 2.45) is 0 Å². The molecule has 0 aliphatic heterocycles. The molecule has 228 valence electrons. The van der Waals surface area contributed by atoms with Crippen molar-refractivity contribution in [1.82, 2.24) is 15.0 Å². The van der Waals surface area contributed by atoms with Crippen LogP contribution in [0.2, 0.25) is 0 Å². The number of benzene rings is 8. The zero-order valence-corrected chi connectivity index (χ0v) is 27.2. The van der Waals surface area contributed by atoms with Gasteiger partial charge in [-0.25, -0.2) is 15.0 Å². The monoisotopic (exact) mass is 641 g/mol. The van der Waals surface area contributed by atoms with Gasteiger partial charge < -0.3 is 0 Å². The molecule has 3 nitrogen and oxygen atoms in total. The molecule has 0 bridgehead atoms. The molecule has 0 atom stereocenters. The van der Waals surface area contributed by atoms with Gasteiger partial charge >= 0.3 is 0 Å². The van der Waals surface area contributed by atoms with Crippen molar-refractivity contribution in [1.29, 1.82) is 0 Å². The van der Waals surface area contributed by atoms with Gasteiger partial charge in [0.25, 0.3) is 0 Å². The number of aromatic nitrogens is 3. The van der Waals surface area contributed by atoms with E-state index in [1.54, 1.807) is 0 Å². The number of hydrogen-bond acceptors (Lipinski definition) is 4. The molecule has 0 N–H and O–H groups in total.